The van der Waals surface area contributed by atoms with Gasteiger partial charge in [-0.1, -0.05) is 6.07 Å². The van der Waals surface area contributed by atoms with Gasteiger partial charge in [-0.25, -0.2) is 13.6 Å². The third-order valence-corrected chi connectivity index (χ3v) is 7.08. The second kappa shape index (κ2) is 9.55. The molecule has 2 N–H and O–H groups in total. The molecule has 1 heterocycles. The molecule has 33 heavy (non-hydrogen) atoms. The van der Waals surface area contributed by atoms with E-state index < -0.39 is 17.7 Å². The summed E-state index contributed by atoms with van der Waals surface area (Å²) in [5.41, 5.74) is 1.44. The summed E-state index contributed by atoms with van der Waals surface area (Å²) in [7, 11) is 3.78. The van der Waals surface area contributed by atoms with Gasteiger partial charge < -0.3 is 25.0 Å². The van der Waals surface area contributed by atoms with E-state index in [0.29, 0.717) is 6.61 Å². The molecular formula is C25H31F2N3O3. The Morgan fingerprint density at radius 3 is 2.70 bits per heavy atom. The Hall–Kier alpha value is -2.87. The lowest BCUT2D eigenvalue weighted by Crippen LogP contribution is -2.52. The summed E-state index contributed by atoms with van der Waals surface area (Å²) >= 11 is 0. The first-order valence-corrected chi connectivity index (χ1v) is 11.4. The maximum absolute atomic E-state index is 13.4. The van der Waals surface area contributed by atoms with Crippen LogP contribution in [-0.4, -0.2) is 50.3 Å². The Balaban J connectivity index is 1.47. The Morgan fingerprint density at radius 1 is 1.15 bits per heavy atom. The summed E-state index contributed by atoms with van der Waals surface area (Å²) in [6.07, 6.45) is 3.59. The predicted octanol–water partition coefficient (Wildman–Crippen LogP) is 4.69. The number of anilines is 1. The van der Waals surface area contributed by atoms with Crippen molar-refractivity contribution < 1.29 is 23.0 Å². The van der Waals surface area contributed by atoms with Crippen molar-refractivity contribution in [2.75, 3.05) is 32.6 Å². The van der Waals surface area contributed by atoms with E-state index in [1.165, 1.54) is 11.6 Å². The molecule has 4 rings (SSSR count). The Labute approximate surface area is 193 Å². The van der Waals surface area contributed by atoms with Gasteiger partial charge in [-0.2, -0.15) is 0 Å². The second-order valence-electron chi connectivity index (χ2n) is 8.90. The van der Waals surface area contributed by atoms with Crippen molar-refractivity contribution in [2.45, 2.75) is 50.1 Å². The van der Waals surface area contributed by atoms with E-state index in [1.807, 2.05) is 13.0 Å². The quantitative estimate of drug-likeness (QED) is 0.658. The minimum atomic E-state index is -0.992. The number of hydrogen-bond donors (Lipinski definition) is 2. The number of nitrogens with one attached hydrogen (secondary N) is 2. The van der Waals surface area contributed by atoms with Gasteiger partial charge in [0, 0.05) is 29.3 Å². The topological polar surface area (TPSA) is 62.8 Å². The van der Waals surface area contributed by atoms with Crippen LogP contribution in [-0.2, 0) is 5.41 Å². The molecule has 0 bridgehead atoms. The number of likely N-dealkylation sites (N-methyl/N-ethyl adjacent to an activating group) is 1. The van der Waals surface area contributed by atoms with Crippen LogP contribution in [0.15, 0.2) is 36.4 Å². The lowest BCUT2D eigenvalue weighted by molar-refractivity contribution is 0.156. The molecule has 1 aliphatic heterocycles. The van der Waals surface area contributed by atoms with Crippen LogP contribution < -0.4 is 20.1 Å². The normalized spacial score (nSPS) is 24.8. The zero-order valence-electron chi connectivity index (χ0n) is 19.3. The van der Waals surface area contributed by atoms with Crippen LogP contribution in [0.5, 0.6) is 11.5 Å². The molecule has 2 fully saturated rings. The highest BCUT2D eigenvalue weighted by Gasteiger charge is 2.50. The first kappa shape index (κ1) is 23.3. The van der Waals surface area contributed by atoms with Crippen molar-refractivity contribution in [1.29, 1.82) is 0 Å². The number of likely N-dealkylation sites (tertiary alicyclic amines) is 1. The number of benzene rings is 2. The van der Waals surface area contributed by atoms with Crippen molar-refractivity contribution in [3.63, 3.8) is 0 Å². The van der Waals surface area contributed by atoms with Crippen molar-refractivity contribution in [3.8, 4) is 11.5 Å². The maximum Gasteiger partial charge on any atom is 0.319 e. The van der Waals surface area contributed by atoms with Gasteiger partial charge in [0.05, 0.1) is 13.7 Å². The number of rotatable bonds is 6. The fourth-order valence-corrected chi connectivity index (χ4v) is 5.43. The molecule has 2 aromatic rings. The Kier molecular flexibility index (Phi) is 6.74. The summed E-state index contributed by atoms with van der Waals surface area (Å²) in [5, 5.41) is 5.62. The van der Waals surface area contributed by atoms with Crippen molar-refractivity contribution in [3.05, 3.63) is 53.6 Å². The number of ether oxygens (including phenoxy) is 2. The zero-order valence-corrected chi connectivity index (χ0v) is 19.3. The van der Waals surface area contributed by atoms with E-state index in [9.17, 15) is 13.6 Å². The average Bonchev–Trinajstić information content (AvgIpc) is 3.14. The molecule has 6 nitrogen and oxygen atoms in total. The predicted molar refractivity (Wildman–Crippen MR) is 123 cm³/mol. The van der Waals surface area contributed by atoms with Gasteiger partial charge in [-0.05, 0) is 76.0 Å². The molecule has 1 saturated heterocycles. The molecule has 2 amide bonds. The molecule has 8 heteroatoms. The van der Waals surface area contributed by atoms with Crippen LogP contribution in [0.25, 0.3) is 0 Å². The van der Waals surface area contributed by atoms with Crippen molar-refractivity contribution in [2.24, 2.45) is 0 Å². The number of methoxy groups -OCH3 is 1. The smallest absolute Gasteiger partial charge is 0.319 e. The van der Waals surface area contributed by atoms with E-state index in [1.54, 1.807) is 7.11 Å². The molecule has 2 aliphatic rings. The number of fused-ring (bicyclic) bond motifs is 1. The molecule has 178 valence electrons. The van der Waals surface area contributed by atoms with Crippen LogP contribution in [0.3, 0.4) is 0 Å². The van der Waals surface area contributed by atoms with E-state index >= 15 is 0 Å². The summed E-state index contributed by atoms with van der Waals surface area (Å²) in [4.78, 5) is 14.9. The van der Waals surface area contributed by atoms with E-state index in [2.05, 4.69) is 34.7 Å². The van der Waals surface area contributed by atoms with E-state index in [4.69, 9.17) is 9.47 Å². The minimum Gasteiger partial charge on any atom is -0.493 e. The highest BCUT2D eigenvalue weighted by molar-refractivity contribution is 5.89. The summed E-state index contributed by atoms with van der Waals surface area (Å²) < 4.78 is 37.8. The van der Waals surface area contributed by atoms with Gasteiger partial charge >= 0.3 is 6.03 Å². The standard InChI is InChI=1S/C25H31F2N3O3/c1-4-33-21-8-5-16(13-22(21)32-3)25-10-9-18(15-23(25)30(2)12-11-25)29-24(31)28-17-6-7-19(26)20(27)14-17/h5-8,13-14,18,23H,4,9-12,15H2,1-3H3,(H2,28,29,31)/t18-,23+,25-/m0/s1. The van der Waals surface area contributed by atoms with Gasteiger partial charge in [0.15, 0.2) is 23.1 Å². The third kappa shape index (κ3) is 4.62. The number of urea groups is 1. The SMILES string of the molecule is CCOc1ccc([C@@]23CC[C@H](NC(=O)Nc4ccc(F)c(F)c4)C[C@H]2N(C)CC3)cc1OC. The molecule has 2 aromatic carbocycles. The lowest BCUT2D eigenvalue weighted by Gasteiger charge is -2.45. The van der Waals surface area contributed by atoms with Gasteiger partial charge in [0.25, 0.3) is 0 Å². The van der Waals surface area contributed by atoms with Crippen LogP contribution in [0.1, 0.15) is 38.2 Å². The largest absolute Gasteiger partial charge is 0.493 e. The molecule has 3 atom stereocenters. The first-order valence-electron chi connectivity index (χ1n) is 11.4. The van der Waals surface area contributed by atoms with Crippen molar-refractivity contribution >= 4 is 11.7 Å². The van der Waals surface area contributed by atoms with Gasteiger partial charge in [-0.15, -0.1) is 0 Å². The molecule has 0 radical (unpaired) electrons. The lowest BCUT2D eigenvalue weighted by atomic mass is 9.65. The summed E-state index contributed by atoms with van der Waals surface area (Å²) in [6.45, 7) is 3.51. The van der Waals surface area contributed by atoms with Crippen LogP contribution >= 0.6 is 0 Å². The van der Waals surface area contributed by atoms with Gasteiger partial charge in [-0.3, -0.25) is 0 Å². The number of carbonyl (C=O) groups is 1. The van der Waals surface area contributed by atoms with Crippen LogP contribution in [0.4, 0.5) is 19.3 Å². The number of carbonyl (C=O) groups excluding carboxylic acids is 1. The Morgan fingerprint density at radius 2 is 1.97 bits per heavy atom. The highest BCUT2D eigenvalue weighted by Crippen LogP contribution is 2.49. The van der Waals surface area contributed by atoms with E-state index in [0.717, 1.165) is 55.9 Å². The molecule has 0 spiro atoms. The second-order valence-corrected chi connectivity index (χ2v) is 8.90. The number of nitrogens with zero attached hydrogens (tertiary/aromatic N) is 1. The van der Waals surface area contributed by atoms with E-state index in [-0.39, 0.29) is 23.2 Å². The zero-order chi connectivity index (χ0) is 23.6. The fourth-order valence-electron chi connectivity index (χ4n) is 5.43. The molecule has 0 aromatic heterocycles. The van der Waals surface area contributed by atoms with Gasteiger partial charge in [0.1, 0.15) is 0 Å². The third-order valence-electron chi connectivity index (χ3n) is 7.08. The number of hydrogen-bond acceptors (Lipinski definition) is 4. The molecule has 1 saturated carbocycles. The summed E-state index contributed by atoms with van der Waals surface area (Å²) in [5.74, 6) is -0.455. The van der Waals surface area contributed by atoms with Gasteiger partial charge in [0.2, 0.25) is 0 Å². The van der Waals surface area contributed by atoms with Crippen LogP contribution in [0, 0.1) is 11.6 Å². The molecular weight excluding hydrogens is 428 g/mol. The maximum atomic E-state index is 13.4. The summed E-state index contributed by atoms with van der Waals surface area (Å²) in [6, 6.07) is 9.38. The number of amides is 2. The molecule has 0 unspecified atom stereocenters. The number of halogens is 2. The fraction of sp³-hybridized carbons (Fsp3) is 0.480. The van der Waals surface area contributed by atoms with Crippen LogP contribution in [0.2, 0.25) is 0 Å². The van der Waals surface area contributed by atoms with Crippen molar-refractivity contribution in [1.82, 2.24) is 10.2 Å². The monoisotopic (exact) mass is 459 g/mol. The molecule has 1 aliphatic carbocycles. The minimum absolute atomic E-state index is 0.0124. The highest BCUT2D eigenvalue weighted by atomic mass is 19.2. The average molecular weight is 460 g/mol. The Bertz CT molecular complexity index is 1020. The first-order chi connectivity index (χ1) is 15.9.